The molecule has 2 aromatic carbocycles. The lowest BCUT2D eigenvalue weighted by Gasteiger charge is -2.30. The van der Waals surface area contributed by atoms with E-state index in [2.05, 4.69) is 21.2 Å². The van der Waals surface area contributed by atoms with E-state index in [0.717, 1.165) is 42.0 Å². The molecule has 2 aliphatic rings. The molecule has 11 heteroatoms. The number of halogens is 1. The van der Waals surface area contributed by atoms with Crippen LogP contribution in [0, 0.1) is 0 Å². The molecule has 1 atom stereocenters. The SMILES string of the molecule is C[C@@H](C(=O)NC1CCCC1)N(Cc1cccc(Br)c1)C(=O)CCCN(c1ccc2c(c1)OCO2)S(C)(=O)=O. The third-order valence-electron chi connectivity index (χ3n) is 6.91. The van der Waals surface area contributed by atoms with Gasteiger partial charge in [-0.05, 0) is 56.0 Å². The number of hydrogen-bond donors (Lipinski definition) is 1. The van der Waals surface area contributed by atoms with Crippen molar-refractivity contribution in [1.82, 2.24) is 10.2 Å². The first-order valence-electron chi connectivity index (χ1n) is 12.8. The maximum atomic E-state index is 13.5. The Hall–Kier alpha value is -2.79. The molecule has 2 aromatic rings. The lowest BCUT2D eigenvalue weighted by molar-refractivity contribution is -0.141. The van der Waals surface area contributed by atoms with Gasteiger partial charge in [0, 0.05) is 36.1 Å². The molecule has 206 valence electrons. The maximum absolute atomic E-state index is 13.5. The van der Waals surface area contributed by atoms with Crippen LogP contribution in [0.5, 0.6) is 11.5 Å². The van der Waals surface area contributed by atoms with Gasteiger partial charge in [-0.3, -0.25) is 13.9 Å². The number of anilines is 1. The number of carbonyl (C=O) groups is 2. The summed E-state index contributed by atoms with van der Waals surface area (Å²) in [4.78, 5) is 28.1. The molecule has 0 saturated heterocycles. The van der Waals surface area contributed by atoms with Crippen LogP contribution in [0.25, 0.3) is 0 Å². The summed E-state index contributed by atoms with van der Waals surface area (Å²) < 4.78 is 38.0. The van der Waals surface area contributed by atoms with E-state index in [-0.39, 0.29) is 50.6 Å². The highest BCUT2D eigenvalue weighted by Gasteiger charge is 2.29. The van der Waals surface area contributed by atoms with Crippen LogP contribution in [0.1, 0.15) is 51.0 Å². The van der Waals surface area contributed by atoms with Crippen LogP contribution in [-0.4, -0.2) is 56.8 Å². The average Bonchev–Trinajstić information content (AvgIpc) is 3.55. The van der Waals surface area contributed by atoms with E-state index in [1.54, 1.807) is 30.0 Å². The van der Waals surface area contributed by atoms with Gasteiger partial charge in [0.15, 0.2) is 11.5 Å². The van der Waals surface area contributed by atoms with Gasteiger partial charge in [-0.2, -0.15) is 0 Å². The molecule has 1 saturated carbocycles. The minimum atomic E-state index is -3.61. The van der Waals surface area contributed by atoms with Crippen molar-refractivity contribution >= 4 is 43.5 Å². The largest absolute Gasteiger partial charge is 0.454 e. The Labute approximate surface area is 232 Å². The molecule has 0 unspecified atom stereocenters. The van der Waals surface area contributed by atoms with Crippen molar-refractivity contribution in [2.24, 2.45) is 0 Å². The Morgan fingerprint density at radius 2 is 1.84 bits per heavy atom. The van der Waals surface area contributed by atoms with Gasteiger partial charge < -0.3 is 19.7 Å². The third kappa shape index (κ3) is 7.19. The molecule has 0 spiro atoms. The second-order valence-corrected chi connectivity index (χ2v) is 12.6. The first-order chi connectivity index (χ1) is 18.1. The maximum Gasteiger partial charge on any atom is 0.242 e. The van der Waals surface area contributed by atoms with Gasteiger partial charge in [-0.25, -0.2) is 8.42 Å². The highest BCUT2D eigenvalue weighted by Crippen LogP contribution is 2.36. The first kappa shape index (κ1) is 28.2. The number of ether oxygens (including phenoxy) is 2. The Kier molecular flexibility index (Phi) is 9.19. The number of amides is 2. The number of hydrogen-bond acceptors (Lipinski definition) is 6. The van der Waals surface area contributed by atoms with Crippen LogP contribution in [0.4, 0.5) is 5.69 Å². The molecule has 1 fully saturated rings. The molecule has 1 heterocycles. The van der Waals surface area contributed by atoms with Crippen LogP contribution >= 0.6 is 15.9 Å². The predicted octanol–water partition coefficient (Wildman–Crippen LogP) is 4.20. The Bertz CT molecular complexity index is 1270. The molecule has 1 N–H and O–H groups in total. The van der Waals surface area contributed by atoms with Gasteiger partial charge in [0.05, 0.1) is 11.9 Å². The van der Waals surface area contributed by atoms with Crippen LogP contribution in [-0.2, 0) is 26.2 Å². The molecule has 2 amide bonds. The topological polar surface area (TPSA) is 105 Å². The summed E-state index contributed by atoms with van der Waals surface area (Å²) in [5.41, 5.74) is 1.34. The van der Waals surface area contributed by atoms with E-state index in [4.69, 9.17) is 9.47 Å². The van der Waals surface area contributed by atoms with Gasteiger partial charge in [-0.1, -0.05) is 40.9 Å². The summed E-state index contributed by atoms with van der Waals surface area (Å²) >= 11 is 3.47. The number of carbonyl (C=O) groups excluding carboxylic acids is 2. The van der Waals surface area contributed by atoms with Crippen molar-refractivity contribution in [3.05, 3.63) is 52.5 Å². The monoisotopic (exact) mass is 607 g/mol. The van der Waals surface area contributed by atoms with Crippen molar-refractivity contribution in [3.8, 4) is 11.5 Å². The lowest BCUT2D eigenvalue weighted by Crippen LogP contribution is -2.49. The fourth-order valence-corrected chi connectivity index (χ4v) is 6.25. The van der Waals surface area contributed by atoms with Crippen LogP contribution in [0.3, 0.4) is 0 Å². The fourth-order valence-electron chi connectivity index (χ4n) is 4.85. The van der Waals surface area contributed by atoms with Crippen LogP contribution in [0.15, 0.2) is 46.9 Å². The zero-order chi connectivity index (χ0) is 27.3. The second-order valence-electron chi connectivity index (χ2n) is 9.79. The molecule has 0 aromatic heterocycles. The van der Waals surface area contributed by atoms with E-state index in [1.807, 2.05) is 24.3 Å². The smallest absolute Gasteiger partial charge is 0.242 e. The predicted molar refractivity (Wildman–Crippen MR) is 149 cm³/mol. The van der Waals surface area contributed by atoms with Crippen molar-refractivity contribution in [3.63, 3.8) is 0 Å². The van der Waals surface area contributed by atoms with E-state index in [0.29, 0.717) is 17.2 Å². The zero-order valence-electron chi connectivity index (χ0n) is 21.7. The van der Waals surface area contributed by atoms with Gasteiger partial charge in [0.2, 0.25) is 28.6 Å². The molecular weight excluding hydrogens is 574 g/mol. The van der Waals surface area contributed by atoms with Gasteiger partial charge in [0.1, 0.15) is 6.04 Å². The summed E-state index contributed by atoms with van der Waals surface area (Å²) in [6.45, 7) is 2.22. The van der Waals surface area contributed by atoms with E-state index in [9.17, 15) is 18.0 Å². The molecular formula is C27H34BrN3O6S. The highest BCUT2D eigenvalue weighted by atomic mass is 79.9. The first-order valence-corrected chi connectivity index (χ1v) is 15.5. The summed E-state index contributed by atoms with van der Waals surface area (Å²) in [5.74, 6) is 0.663. The quantitative estimate of drug-likeness (QED) is 0.410. The Morgan fingerprint density at radius 3 is 2.55 bits per heavy atom. The third-order valence-corrected chi connectivity index (χ3v) is 8.59. The van der Waals surface area contributed by atoms with Crippen molar-refractivity contribution < 1.29 is 27.5 Å². The number of nitrogens with one attached hydrogen (secondary N) is 1. The molecule has 4 rings (SSSR count). The van der Waals surface area contributed by atoms with Crippen LogP contribution in [0.2, 0.25) is 0 Å². The second kappa shape index (κ2) is 12.4. The highest BCUT2D eigenvalue weighted by molar-refractivity contribution is 9.10. The lowest BCUT2D eigenvalue weighted by atomic mass is 10.1. The van der Waals surface area contributed by atoms with Gasteiger partial charge >= 0.3 is 0 Å². The number of rotatable bonds is 11. The number of sulfonamides is 1. The van der Waals surface area contributed by atoms with E-state index >= 15 is 0 Å². The summed E-state index contributed by atoms with van der Waals surface area (Å²) in [6, 6.07) is 12.1. The minimum absolute atomic E-state index is 0.0889. The Balaban J connectivity index is 1.45. The molecule has 1 aliphatic carbocycles. The fraction of sp³-hybridized carbons (Fsp3) is 0.481. The normalized spacial score (nSPS) is 15.8. The number of fused-ring (bicyclic) bond motifs is 1. The summed E-state index contributed by atoms with van der Waals surface area (Å²) in [5, 5.41) is 3.10. The van der Waals surface area contributed by atoms with E-state index < -0.39 is 16.1 Å². The van der Waals surface area contributed by atoms with Gasteiger partial charge in [-0.15, -0.1) is 0 Å². The van der Waals surface area contributed by atoms with Crippen molar-refractivity contribution in [1.29, 1.82) is 0 Å². The van der Waals surface area contributed by atoms with Crippen molar-refractivity contribution in [2.75, 3.05) is 23.9 Å². The minimum Gasteiger partial charge on any atom is -0.454 e. The molecule has 0 radical (unpaired) electrons. The molecule has 0 bridgehead atoms. The van der Waals surface area contributed by atoms with Crippen LogP contribution < -0.4 is 19.1 Å². The Morgan fingerprint density at radius 1 is 1.11 bits per heavy atom. The molecule has 38 heavy (non-hydrogen) atoms. The summed E-state index contributed by atoms with van der Waals surface area (Å²) in [6.07, 6.45) is 5.62. The molecule has 1 aliphatic heterocycles. The zero-order valence-corrected chi connectivity index (χ0v) is 24.1. The standard InChI is InChI=1S/C27H34BrN3O6S/c1-19(27(33)29-22-9-3-4-10-22)30(17-20-7-5-8-21(28)15-20)26(32)11-6-14-31(38(2,34)35)23-12-13-24-25(16-23)37-18-36-24/h5,7-8,12-13,15-16,19,22H,3-4,6,9-11,14,17-18H2,1-2H3,(H,29,33)/t19-/m0/s1. The van der Waals surface area contributed by atoms with E-state index in [1.165, 1.54) is 4.31 Å². The molecule has 9 nitrogen and oxygen atoms in total. The van der Waals surface area contributed by atoms with Crippen molar-refractivity contribution in [2.45, 2.75) is 64.1 Å². The number of nitrogens with zero attached hydrogens (tertiary/aromatic N) is 2. The van der Waals surface area contributed by atoms with Gasteiger partial charge in [0.25, 0.3) is 0 Å². The average molecular weight is 609 g/mol. The number of benzene rings is 2. The summed E-state index contributed by atoms with van der Waals surface area (Å²) in [7, 11) is -3.61.